The van der Waals surface area contributed by atoms with E-state index in [1.54, 1.807) is 12.1 Å². The zero-order valence-electron chi connectivity index (χ0n) is 22.4. The number of hydrogen-bond donors (Lipinski definition) is 2. The molecule has 38 heavy (non-hydrogen) atoms. The zero-order chi connectivity index (χ0) is 28.0. The Balaban J connectivity index is 0.000000182. The Labute approximate surface area is 226 Å². The fourth-order valence-electron chi connectivity index (χ4n) is 2.80. The molecular formula is C31H37NO5S. The predicted octanol–water partition coefficient (Wildman–Crippen LogP) is 6.59. The lowest BCUT2D eigenvalue weighted by molar-refractivity contribution is 0.263. The van der Waals surface area contributed by atoms with Gasteiger partial charge in [0.2, 0.25) is 0 Å². The van der Waals surface area contributed by atoms with Crippen LogP contribution in [0.15, 0.2) is 108 Å². The topological polar surface area (TPSA) is 102 Å². The molecule has 7 heteroatoms. The van der Waals surface area contributed by atoms with Crippen LogP contribution in [0.5, 0.6) is 5.75 Å². The van der Waals surface area contributed by atoms with Gasteiger partial charge in [0.05, 0.1) is 11.5 Å². The second-order valence-corrected chi connectivity index (χ2v) is 10.4. The lowest BCUT2D eigenvalue weighted by atomic mass is 10.2. The van der Waals surface area contributed by atoms with Crippen molar-refractivity contribution < 1.29 is 22.4 Å². The number of nitrogen functional groups attached to an aromatic ring is 1. The van der Waals surface area contributed by atoms with E-state index in [0.717, 1.165) is 23.6 Å². The summed E-state index contributed by atoms with van der Waals surface area (Å²) in [6.45, 7) is 9.57. The van der Waals surface area contributed by atoms with Crippen molar-refractivity contribution in [3.05, 3.63) is 125 Å². The Bertz CT molecular complexity index is 1280. The summed E-state index contributed by atoms with van der Waals surface area (Å²) in [4.78, 5) is -0.0666. The van der Waals surface area contributed by atoms with Gasteiger partial charge in [-0.05, 0) is 64.1 Å². The van der Waals surface area contributed by atoms with Gasteiger partial charge in [-0.25, -0.2) is 0 Å². The number of hydrogen-bond acceptors (Lipinski definition) is 5. The number of rotatable bonds is 4. The summed E-state index contributed by atoms with van der Waals surface area (Å²) >= 11 is 0. The SMILES string of the molecule is Cc1ccc(N)cc1.Cc1ccc(OCC2CO2)cc1.Cc1ccc(S(=O)(=O)O)cc1.Cc1ccccc1. The highest BCUT2D eigenvalue weighted by Crippen LogP contribution is 2.15. The molecule has 0 aliphatic carbocycles. The molecule has 0 radical (unpaired) electrons. The van der Waals surface area contributed by atoms with Gasteiger partial charge in [-0.2, -0.15) is 8.42 Å². The van der Waals surface area contributed by atoms with Gasteiger partial charge in [-0.15, -0.1) is 0 Å². The van der Waals surface area contributed by atoms with E-state index in [9.17, 15) is 8.42 Å². The van der Waals surface area contributed by atoms with Gasteiger partial charge in [0.25, 0.3) is 10.1 Å². The largest absolute Gasteiger partial charge is 0.491 e. The zero-order valence-corrected chi connectivity index (χ0v) is 23.2. The number of aryl methyl sites for hydroxylation is 4. The predicted molar refractivity (Wildman–Crippen MR) is 154 cm³/mol. The first-order valence-corrected chi connectivity index (χ1v) is 13.7. The third kappa shape index (κ3) is 13.6. The molecule has 0 aromatic heterocycles. The summed E-state index contributed by atoms with van der Waals surface area (Å²) in [5.74, 6) is 0.927. The van der Waals surface area contributed by atoms with Crippen molar-refractivity contribution in [2.24, 2.45) is 0 Å². The van der Waals surface area contributed by atoms with E-state index in [-0.39, 0.29) is 4.90 Å². The minimum absolute atomic E-state index is 0.0666. The maximum Gasteiger partial charge on any atom is 0.294 e. The lowest BCUT2D eigenvalue weighted by Gasteiger charge is -2.03. The van der Waals surface area contributed by atoms with Crippen LogP contribution >= 0.6 is 0 Å². The molecule has 1 unspecified atom stereocenters. The number of anilines is 1. The van der Waals surface area contributed by atoms with Crippen molar-refractivity contribution in [3.63, 3.8) is 0 Å². The molecule has 6 nitrogen and oxygen atoms in total. The average Bonchev–Trinajstić information content (AvgIpc) is 3.72. The minimum Gasteiger partial charge on any atom is -0.491 e. The van der Waals surface area contributed by atoms with Gasteiger partial charge in [0, 0.05) is 5.69 Å². The lowest BCUT2D eigenvalue weighted by Crippen LogP contribution is -2.03. The van der Waals surface area contributed by atoms with Crippen LogP contribution in [0.25, 0.3) is 0 Å². The van der Waals surface area contributed by atoms with E-state index >= 15 is 0 Å². The molecule has 0 bridgehead atoms. The number of epoxide rings is 1. The molecule has 1 fully saturated rings. The van der Waals surface area contributed by atoms with E-state index < -0.39 is 10.1 Å². The van der Waals surface area contributed by atoms with Crippen molar-refractivity contribution in [2.75, 3.05) is 18.9 Å². The monoisotopic (exact) mass is 535 g/mol. The summed E-state index contributed by atoms with van der Waals surface area (Å²) in [6, 6.07) is 32.1. The summed E-state index contributed by atoms with van der Waals surface area (Å²) in [7, 11) is -4.02. The maximum atomic E-state index is 10.5. The first kappa shape index (κ1) is 30.6. The van der Waals surface area contributed by atoms with Crippen LogP contribution in [0.4, 0.5) is 5.69 Å². The Hall–Kier alpha value is -3.65. The molecule has 5 rings (SSSR count). The number of nitrogens with two attached hydrogens (primary N) is 1. The summed E-state index contributed by atoms with van der Waals surface area (Å²) < 4.78 is 40.0. The molecule has 1 aliphatic rings. The minimum atomic E-state index is -4.02. The molecule has 1 aliphatic heterocycles. The van der Waals surface area contributed by atoms with Gasteiger partial charge in [-0.3, -0.25) is 4.55 Å². The fraction of sp³-hybridized carbons (Fsp3) is 0.226. The first-order chi connectivity index (χ1) is 18.0. The van der Waals surface area contributed by atoms with Gasteiger partial charge in [0.1, 0.15) is 18.5 Å². The van der Waals surface area contributed by atoms with Crippen molar-refractivity contribution in [1.82, 2.24) is 0 Å². The van der Waals surface area contributed by atoms with Crippen LogP contribution in [0.3, 0.4) is 0 Å². The van der Waals surface area contributed by atoms with Crippen LogP contribution in [0.1, 0.15) is 22.3 Å². The first-order valence-electron chi connectivity index (χ1n) is 12.2. The van der Waals surface area contributed by atoms with Crippen LogP contribution < -0.4 is 10.5 Å². The molecule has 1 heterocycles. The Kier molecular flexibility index (Phi) is 12.5. The third-order valence-electron chi connectivity index (χ3n) is 5.20. The Morgan fingerprint density at radius 2 is 1.16 bits per heavy atom. The van der Waals surface area contributed by atoms with Gasteiger partial charge < -0.3 is 15.2 Å². The molecule has 4 aromatic rings. The Morgan fingerprint density at radius 1 is 0.737 bits per heavy atom. The van der Waals surface area contributed by atoms with Gasteiger partial charge >= 0.3 is 0 Å². The molecule has 0 saturated carbocycles. The molecule has 1 atom stereocenters. The van der Waals surface area contributed by atoms with Crippen molar-refractivity contribution in [2.45, 2.75) is 38.7 Å². The van der Waals surface area contributed by atoms with E-state index in [0.29, 0.717) is 12.7 Å². The highest BCUT2D eigenvalue weighted by molar-refractivity contribution is 7.85. The normalized spacial score (nSPS) is 13.3. The number of ether oxygens (including phenoxy) is 2. The summed E-state index contributed by atoms with van der Waals surface area (Å²) in [5, 5.41) is 0. The smallest absolute Gasteiger partial charge is 0.294 e. The van der Waals surface area contributed by atoms with Crippen molar-refractivity contribution >= 4 is 15.8 Å². The maximum absolute atomic E-state index is 10.5. The molecular weight excluding hydrogens is 498 g/mol. The quantitative estimate of drug-likeness (QED) is 0.174. The summed E-state index contributed by atoms with van der Waals surface area (Å²) in [5.41, 5.74) is 11.0. The fourth-order valence-corrected chi connectivity index (χ4v) is 3.28. The highest BCUT2D eigenvalue weighted by Gasteiger charge is 2.22. The van der Waals surface area contributed by atoms with E-state index in [1.165, 1.54) is 28.8 Å². The van der Waals surface area contributed by atoms with Crippen LogP contribution in [0, 0.1) is 27.7 Å². The van der Waals surface area contributed by atoms with E-state index in [1.807, 2.05) is 80.6 Å². The second kappa shape index (κ2) is 15.6. The highest BCUT2D eigenvalue weighted by atomic mass is 32.2. The van der Waals surface area contributed by atoms with Gasteiger partial charge in [-0.1, -0.05) is 89.0 Å². The van der Waals surface area contributed by atoms with E-state index in [2.05, 4.69) is 26.0 Å². The third-order valence-corrected chi connectivity index (χ3v) is 6.06. The average molecular weight is 536 g/mol. The molecule has 0 spiro atoms. The molecule has 202 valence electrons. The second-order valence-electron chi connectivity index (χ2n) is 8.93. The number of benzene rings is 4. The van der Waals surface area contributed by atoms with Crippen LogP contribution in [-0.2, 0) is 14.9 Å². The van der Waals surface area contributed by atoms with E-state index in [4.69, 9.17) is 19.8 Å². The standard InChI is InChI=1S/C10H12O2.C7H9N.C7H8O3S.C7H8/c1-8-2-4-9(5-3-8)11-6-10-7-12-10;1-6-2-4-7(8)5-3-6;1-6-2-4-7(5-3-6)11(8,9)10;1-7-5-3-2-4-6-7/h2-5,10H,6-7H2,1H3;2-5H,8H2,1H3;2-5H,1H3,(H,8,9,10);2-6H,1H3. The van der Waals surface area contributed by atoms with Crippen molar-refractivity contribution in [3.8, 4) is 5.75 Å². The molecule has 4 aromatic carbocycles. The molecule has 1 saturated heterocycles. The molecule has 0 amide bonds. The van der Waals surface area contributed by atoms with Crippen LogP contribution in [0.2, 0.25) is 0 Å². The molecule has 3 N–H and O–H groups in total. The van der Waals surface area contributed by atoms with Crippen molar-refractivity contribution in [1.29, 1.82) is 0 Å². The van der Waals surface area contributed by atoms with Gasteiger partial charge in [0.15, 0.2) is 0 Å². The summed E-state index contributed by atoms with van der Waals surface area (Å²) in [6.07, 6.45) is 0.339. The van der Waals surface area contributed by atoms with Crippen LogP contribution in [-0.4, -0.2) is 32.3 Å². The Morgan fingerprint density at radius 3 is 1.53 bits per heavy atom.